The van der Waals surface area contributed by atoms with E-state index in [1.54, 1.807) is 6.07 Å². The third kappa shape index (κ3) is 4.14. The van der Waals surface area contributed by atoms with Crippen LogP contribution < -0.4 is 11.1 Å². The Balaban J connectivity index is 2.44. The topological polar surface area (TPSA) is 92.4 Å². The number of para-hydroxylation sites is 1. The molecular weight excluding hydrogens is 220 g/mol. The molecule has 1 amide bonds. The Hall–Kier alpha value is -2.04. The number of nitrogen functional groups attached to an aromatic ring is 1. The third-order valence-electron chi connectivity index (χ3n) is 2.42. The van der Waals surface area contributed by atoms with Crippen molar-refractivity contribution in [2.45, 2.75) is 25.8 Å². The number of benzene rings is 1. The van der Waals surface area contributed by atoms with Crippen LogP contribution in [-0.2, 0) is 16.0 Å². The molecule has 0 radical (unpaired) electrons. The van der Waals surface area contributed by atoms with Crippen molar-refractivity contribution in [1.29, 1.82) is 0 Å². The van der Waals surface area contributed by atoms with Gasteiger partial charge in [-0.3, -0.25) is 9.59 Å². The molecule has 5 nitrogen and oxygen atoms in total. The quantitative estimate of drug-likeness (QED) is 0.659. The Kier molecular flexibility index (Phi) is 4.51. The highest BCUT2D eigenvalue weighted by Crippen LogP contribution is 2.12. The van der Waals surface area contributed by atoms with Crippen LogP contribution in [0.25, 0.3) is 0 Å². The second kappa shape index (κ2) is 5.89. The minimum Gasteiger partial charge on any atom is -0.480 e. The molecule has 92 valence electrons. The summed E-state index contributed by atoms with van der Waals surface area (Å²) in [4.78, 5) is 22.0. The molecule has 0 spiro atoms. The monoisotopic (exact) mass is 236 g/mol. The number of rotatable bonds is 5. The Morgan fingerprint density at radius 2 is 2.06 bits per heavy atom. The summed E-state index contributed by atoms with van der Waals surface area (Å²) in [6, 6.07) is 6.43. The molecule has 1 aromatic carbocycles. The zero-order chi connectivity index (χ0) is 12.8. The number of hydrogen-bond donors (Lipinski definition) is 3. The van der Waals surface area contributed by atoms with Crippen molar-refractivity contribution in [3.63, 3.8) is 0 Å². The van der Waals surface area contributed by atoms with E-state index < -0.39 is 12.0 Å². The molecule has 1 aromatic rings. The highest BCUT2D eigenvalue weighted by atomic mass is 16.4. The van der Waals surface area contributed by atoms with E-state index >= 15 is 0 Å². The van der Waals surface area contributed by atoms with Gasteiger partial charge in [0.1, 0.15) is 6.04 Å². The van der Waals surface area contributed by atoms with Crippen LogP contribution in [0.4, 0.5) is 5.69 Å². The average molecular weight is 236 g/mol. The lowest BCUT2D eigenvalue weighted by molar-refractivity contribution is -0.141. The van der Waals surface area contributed by atoms with Crippen molar-refractivity contribution in [3.8, 4) is 0 Å². The van der Waals surface area contributed by atoms with Gasteiger partial charge in [-0.15, -0.1) is 0 Å². The van der Waals surface area contributed by atoms with Gasteiger partial charge in [0.25, 0.3) is 0 Å². The van der Waals surface area contributed by atoms with E-state index in [9.17, 15) is 9.59 Å². The molecule has 0 aromatic heterocycles. The van der Waals surface area contributed by atoms with Gasteiger partial charge >= 0.3 is 5.97 Å². The van der Waals surface area contributed by atoms with Gasteiger partial charge in [-0.05, 0) is 25.0 Å². The maximum absolute atomic E-state index is 11.4. The maximum atomic E-state index is 11.4. The van der Waals surface area contributed by atoms with Gasteiger partial charge in [-0.1, -0.05) is 18.2 Å². The Bertz CT molecular complexity index is 418. The van der Waals surface area contributed by atoms with Crippen molar-refractivity contribution in [2.75, 3.05) is 5.73 Å². The van der Waals surface area contributed by atoms with Gasteiger partial charge in [0.15, 0.2) is 0 Å². The van der Waals surface area contributed by atoms with Crippen LogP contribution in [0, 0.1) is 0 Å². The summed E-state index contributed by atoms with van der Waals surface area (Å²) >= 11 is 0. The first kappa shape index (κ1) is 13.0. The van der Waals surface area contributed by atoms with Gasteiger partial charge in [0.2, 0.25) is 5.91 Å². The van der Waals surface area contributed by atoms with E-state index in [-0.39, 0.29) is 12.3 Å². The van der Waals surface area contributed by atoms with Crippen molar-refractivity contribution in [3.05, 3.63) is 29.8 Å². The molecule has 4 N–H and O–H groups in total. The van der Waals surface area contributed by atoms with E-state index in [4.69, 9.17) is 10.8 Å². The molecule has 0 bridgehead atoms. The van der Waals surface area contributed by atoms with E-state index in [1.165, 1.54) is 6.92 Å². The van der Waals surface area contributed by atoms with Gasteiger partial charge in [-0.2, -0.15) is 0 Å². The number of hydrogen-bond acceptors (Lipinski definition) is 3. The summed E-state index contributed by atoms with van der Waals surface area (Å²) in [6.45, 7) is 1.43. The van der Waals surface area contributed by atoms with Crippen molar-refractivity contribution < 1.29 is 14.7 Å². The SMILES string of the molecule is C[C@H](NC(=O)CCc1ccccc1N)C(=O)O. The molecular formula is C12H16N2O3. The summed E-state index contributed by atoms with van der Waals surface area (Å²) in [5.41, 5.74) is 7.27. The molecule has 1 rings (SSSR count). The molecule has 0 unspecified atom stereocenters. The van der Waals surface area contributed by atoms with Crippen molar-refractivity contribution >= 4 is 17.6 Å². The molecule has 0 aliphatic heterocycles. The highest BCUT2D eigenvalue weighted by Gasteiger charge is 2.13. The van der Waals surface area contributed by atoms with E-state index in [2.05, 4.69) is 5.32 Å². The fourth-order valence-corrected chi connectivity index (χ4v) is 1.39. The second-order valence-electron chi connectivity index (χ2n) is 3.83. The molecule has 1 atom stereocenters. The van der Waals surface area contributed by atoms with Gasteiger partial charge in [0.05, 0.1) is 0 Å². The first-order valence-electron chi connectivity index (χ1n) is 5.36. The Labute approximate surface area is 99.6 Å². The fourth-order valence-electron chi connectivity index (χ4n) is 1.39. The van der Waals surface area contributed by atoms with Crippen LogP contribution in [-0.4, -0.2) is 23.0 Å². The minimum atomic E-state index is -1.04. The van der Waals surface area contributed by atoms with Gasteiger partial charge < -0.3 is 16.2 Å². The number of carboxylic acids is 1. The van der Waals surface area contributed by atoms with Gasteiger partial charge in [0, 0.05) is 12.1 Å². The molecule has 0 saturated carbocycles. The third-order valence-corrected chi connectivity index (χ3v) is 2.42. The van der Waals surface area contributed by atoms with Crippen LogP contribution in [0.1, 0.15) is 18.9 Å². The summed E-state index contributed by atoms with van der Waals surface area (Å²) < 4.78 is 0. The lowest BCUT2D eigenvalue weighted by Gasteiger charge is -2.09. The summed E-state index contributed by atoms with van der Waals surface area (Å²) in [7, 11) is 0. The summed E-state index contributed by atoms with van der Waals surface area (Å²) in [5.74, 6) is -1.33. The smallest absolute Gasteiger partial charge is 0.325 e. The van der Waals surface area contributed by atoms with E-state index in [0.717, 1.165) is 5.56 Å². The van der Waals surface area contributed by atoms with Crippen molar-refractivity contribution in [1.82, 2.24) is 5.32 Å². The standard InChI is InChI=1S/C12H16N2O3/c1-8(12(16)17)14-11(15)7-6-9-4-2-3-5-10(9)13/h2-5,8H,6-7,13H2,1H3,(H,14,15)(H,16,17)/t8-/m0/s1. The molecule has 0 aliphatic rings. The number of carboxylic acid groups (broad SMARTS) is 1. The fraction of sp³-hybridized carbons (Fsp3) is 0.333. The van der Waals surface area contributed by atoms with E-state index in [0.29, 0.717) is 12.1 Å². The number of aliphatic carboxylic acids is 1. The lowest BCUT2D eigenvalue weighted by atomic mass is 10.1. The lowest BCUT2D eigenvalue weighted by Crippen LogP contribution is -2.38. The number of carbonyl (C=O) groups is 2. The first-order chi connectivity index (χ1) is 8.00. The number of aryl methyl sites for hydroxylation is 1. The predicted molar refractivity (Wildman–Crippen MR) is 64.4 cm³/mol. The van der Waals surface area contributed by atoms with Crippen molar-refractivity contribution in [2.24, 2.45) is 0 Å². The normalized spacial score (nSPS) is 11.8. The van der Waals surface area contributed by atoms with Crippen LogP contribution in [0.5, 0.6) is 0 Å². The van der Waals surface area contributed by atoms with Crippen LogP contribution in [0.2, 0.25) is 0 Å². The van der Waals surface area contributed by atoms with E-state index in [1.807, 2.05) is 18.2 Å². The molecule has 0 heterocycles. The summed E-state index contributed by atoms with van der Waals surface area (Å²) in [6.07, 6.45) is 0.733. The zero-order valence-corrected chi connectivity index (χ0v) is 9.64. The average Bonchev–Trinajstić information content (AvgIpc) is 2.27. The second-order valence-corrected chi connectivity index (χ2v) is 3.83. The number of nitrogens with one attached hydrogen (secondary N) is 1. The number of anilines is 1. The van der Waals surface area contributed by atoms with Crippen LogP contribution >= 0.6 is 0 Å². The molecule has 17 heavy (non-hydrogen) atoms. The van der Waals surface area contributed by atoms with Gasteiger partial charge in [-0.25, -0.2) is 0 Å². The number of nitrogens with two attached hydrogens (primary N) is 1. The number of carbonyl (C=O) groups excluding carboxylic acids is 1. The Morgan fingerprint density at radius 3 is 2.65 bits per heavy atom. The van der Waals surface area contributed by atoms with Crippen LogP contribution in [0.15, 0.2) is 24.3 Å². The summed E-state index contributed by atoms with van der Waals surface area (Å²) in [5, 5.41) is 11.0. The molecule has 5 heteroatoms. The number of amides is 1. The largest absolute Gasteiger partial charge is 0.480 e. The van der Waals surface area contributed by atoms with Crippen LogP contribution in [0.3, 0.4) is 0 Å². The zero-order valence-electron chi connectivity index (χ0n) is 9.64. The minimum absolute atomic E-state index is 0.228. The highest BCUT2D eigenvalue weighted by molar-refractivity contribution is 5.83. The molecule has 0 fully saturated rings. The predicted octanol–water partition coefficient (Wildman–Crippen LogP) is 0.791. The molecule has 0 aliphatic carbocycles. The Morgan fingerprint density at radius 1 is 1.41 bits per heavy atom. The maximum Gasteiger partial charge on any atom is 0.325 e. The molecule has 0 saturated heterocycles. The first-order valence-corrected chi connectivity index (χ1v) is 5.36.